The number of rotatable bonds is 62. The van der Waals surface area contributed by atoms with Crippen LogP contribution in [0.25, 0.3) is 0 Å². The second-order valence-corrected chi connectivity index (χ2v) is 28.3. The molecule has 0 amide bonds. The first kappa shape index (κ1) is 82.1. The number of phosphoric ester groups is 2. The molecule has 0 aliphatic carbocycles. The van der Waals surface area contributed by atoms with E-state index in [1.165, 1.54) is 109 Å². The highest BCUT2D eigenvalue weighted by atomic mass is 31.2. The van der Waals surface area contributed by atoms with Crippen molar-refractivity contribution < 1.29 is 80.2 Å². The molecule has 5 atom stereocenters. The molecule has 0 heterocycles. The van der Waals surface area contributed by atoms with Crippen LogP contribution in [0.3, 0.4) is 0 Å². The van der Waals surface area contributed by atoms with E-state index in [1.54, 1.807) is 0 Å². The monoisotopic (exact) mass is 1240 g/mol. The van der Waals surface area contributed by atoms with Crippen LogP contribution in [0.15, 0.2) is 0 Å². The number of hydrogen-bond acceptors (Lipinski definition) is 15. The van der Waals surface area contributed by atoms with Crippen molar-refractivity contribution in [1.82, 2.24) is 0 Å². The molecule has 0 spiro atoms. The molecule has 0 aromatic rings. The van der Waals surface area contributed by atoms with E-state index in [0.29, 0.717) is 43.4 Å². The van der Waals surface area contributed by atoms with Crippen LogP contribution in [0, 0.1) is 23.7 Å². The van der Waals surface area contributed by atoms with Gasteiger partial charge in [0.2, 0.25) is 0 Å². The third-order valence-electron chi connectivity index (χ3n) is 14.8. The SMILES string of the molecule is CC(C)CCCCCCCCCCCCCCCC(=O)OC[C@H](COP(=O)(O)OC[C@@H](O)COP(=O)(O)OC[C@@H](COC(=O)CCCCCCCCC(C)C)OC(=O)CCCCCCCCCC(C)C)OC(=O)CCCCCCCCC(C)C. The second kappa shape index (κ2) is 55.2. The van der Waals surface area contributed by atoms with Crippen molar-refractivity contribution in [3.63, 3.8) is 0 Å². The second-order valence-electron chi connectivity index (χ2n) is 25.4. The number of unbranched alkanes of at least 4 members (excludes halogenated alkanes) is 28. The van der Waals surface area contributed by atoms with Crippen LogP contribution in [0.5, 0.6) is 0 Å². The Bertz CT molecular complexity index is 1680. The first-order valence-electron chi connectivity index (χ1n) is 33.7. The third kappa shape index (κ3) is 59.0. The fourth-order valence-electron chi connectivity index (χ4n) is 9.61. The Morgan fingerprint density at radius 2 is 0.500 bits per heavy atom. The zero-order valence-corrected chi connectivity index (χ0v) is 56.3. The molecular formula is C65H126O17P2. The average Bonchev–Trinajstić information content (AvgIpc) is 3.45. The molecule has 84 heavy (non-hydrogen) atoms. The Morgan fingerprint density at radius 3 is 0.738 bits per heavy atom. The molecule has 0 bridgehead atoms. The van der Waals surface area contributed by atoms with Crippen molar-refractivity contribution in [1.29, 1.82) is 0 Å². The quantitative estimate of drug-likeness (QED) is 0.0222. The van der Waals surface area contributed by atoms with Gasteiger partial charge >= 0.3 is 39.5 Å². The summed E-state index contributed by atoms with van der Waals surface area (Å²) in [6, 6.07) is 0. The summed E-state index contributed by atoms with van der Waals surface area (Å²) in [6.07, 6.45) is 35.3. The number of carbonyl (C=O) groups excluding carboxylic acids is 4. The van der Waals surface area contributed by atoms with E-state index in [2.05, 4.69) is 55.4 Å². The number of phosphoric acid groups is 2. The number of aliphatic hydroxyl groups excluding tert-OH is 1. The number of carbonyl (C=O) groups is 4. The van der Waals surface area contributed by atoms with Gasteiger partial charge in [-0.2, -0.15) is 0 Å². The summed E-state index contributed by atoms with van der Waals surface area (Å²) in [7, 11) is -9.89. The van der Waals surface area contributed by atoms with Crippen LogP contribution in [0.4, 0.5) is 0 Å². The van der Waals surface area contributed by atoms with E-state index in [0.717, 1.165) is 102 Å². The largest absolute Gasteiger partial charge is 0.472 e. The van der Waals surface area contributed by atoms with E-state index in [1.807, 2.05) is 0 Å². The first-order valence-corrected chi connectivity index (χ1v) is 36.7. The molecule has 0 aromatic heterocycles. The topological polar surface area (TPSA) is 237 Å². The summed E-state index contributed by atoms with van der Waals surface area (Å²) in [5.41, 5.74) is 0. The summed E-state index contributed by atoms with van der Waals surface area (Å²) in [5, 5.41) is 10.5. The minimum absolute atomic E-state index is 0.101. The first-order chi connectivity index (χ1) is 40.1. The molecule has 0 fully saturated rings. The number of aliphatic hydroxyl groups is 1. The zero-order chi connectivity index (χ0) is 62.5. The van der Waals surface area contributed by atoms with Gasteiger partial charge < -0.3 is 33.8 Å². The Balaban J connectivity index is 5.18. The normalized spacial score (nSPS) is 14.4. The minimum Gasteiger partial charge on any atom is -0.462 e. The highest BCUT2D eigenvalue weighted by Crippen LogP contribution is 2.45. The Hall–Kier alpha value is -1.94. The van der Waals surface area contributed by atoms with Gasteiger partial charge in [0.05, 0.1) is 26.4 Å². The van der Waals surface area contributed by atoms with E-state index >= 15 is 0 Å². The van der Waals surface area contributed by atoms with Gasteiger partial charge in [0.25, 0.3) is 0 Å². The van der Waals surface area contributed by atoms with Gasteiger partial charge in [-0.15, -0.1) is 0 Å². The van der Waals surface area contributed by atoms with Crippen molar-refractivity contribution in [2.24, 2.45) is 23.7 Å². The molecule has 0 aliphatic heterocycles. The fraction of sp³-hybridized carbons (Fsp3) is 0.938. The Labute approximate surface area is 511 Å². The summed E-state index contributed by atoms with van der Waals surface area (Å²) in [6.45, 7) is 13.9. The van der Waals surface area contributed by atoms with Crippen molar-refractivity contribution in [3.05, 3.63) is 0 Å². The fourth-order valence-corrected chi connectivity index (χ4v) is 11.2. The average molecular weight is 1240 g/mol. The van der Waals surface area contributed by atoms with E-state index in [4.69, 9.17) is 37.0 Å². The summed E-state index contributed by atoms with van der Waals surface area (Å²) >= 11 is 0. The minimum atomic E-state index is -4.95. The maximum Gasteiger partial charge on any atom is 0.472 e. The standard InChI is InChI=1S/C65H126O17P2/c1-55(2)41-33-25-17-14-12-10-9-11-13-15-19-29-37-45-62(67)75-51-61(82-65(70)48-40-32-24-22-28-36-44-58(7)8)54-80-84(73,74)78-50-59(66)49-77-83(71,72)79-53-60(52-76-63(68)46-38-30-23-21-27-35-43-57(5)6)81-64(69)47-39-31-20-16-18-26-34-42-56(3)4/h55-61,66H,9-54H2,1-8H3,(H,71,72)(H,73,74)/t59-,60+,61+/m0/s1. The lowest BCUT2D eigenvalue weighted by molar-refractivity contribution is -0.161. The van der Waals surface area contributed by atoms with Gasteiger partial charge in [-0.1, -0.05) is 261 Å². The van der Waals surface area contributed by atoms with Gasteiger partial charge in [0, 0.05) is 25.7 Å². The molecule has 0 saturated carbocycles. The smallest absolute Gasteiger partial charge is 0.462 e. The zero-order valence-electron chi connectivity index (χ0n) is 54.5. The third-order valence-corrected chi connectivity index (χ3v) is 16.7. The molecule has 0 aliphatic rings. The summed E-state index contributed by atoms with van der Waals surface area (Å²) in [4.78, 5) is 72.2. The maximum atomic E-state index is 13.0. The van der Waals surface area contributed by atoms with Crippen LogP contribution in [-0.4, -0.2) is 96.7 Å². The lowest BCUT2D eigenvalue weighted by Gasteiger charge is -2.21. The van der Waals surface area contributed by atoms with Crippen LogP contribution < -0.4 is 0 Å². The molecule has 0 rings (SSSR count). The maximum absolute atomic E-state index is 13.0. The lowest BCUT2D eigenvalue weighted by atomic mass is 10.0. The van der Waals surface area contributed by atoms with Crippen LogP contribution in [-0.2, 0) is 65.4 Å². The molecule has 0 radical (unpaired) electrons. The Kier molecular flexibility index (Phi) is 53.9. The van der Waals surface area contributed by atoms with Gasteiger partial charge in [-0.05, 0) is 49.4 Å². The van der Waals surface area contributed by atoms with Crippen molar-refractivity contribution in [3.8, 4) is 0 Å². The predicted molar refractivity (Wildman–Crippen MR) is 335 cm³/mol. The highest BCUT2D eigenvalue weighted by molar-refractivity contribution is 7.47. The van der Waals surface area contributed by atoms with Crippen LogP contribution >= 0.6 is 15.6 Å². The molecule has 19 heteroatoms. The number of esters is 4. The van der Waals surface area contributed by atoms with E-state index in [9.17, 15) is 43.2 Å². The van der Waals surface area contributed by atoms with Gasteiger partial charge in [0.15, 0.2) is 12.2 Å². The highest BCUT2D eigenvalue weighted by Gasteiger charge is 2.30. The summed E-state index contributed by atoms with van der Waals surface area (Å²) in [5.74, 6) is 0.691. The Morgan fingerprint density at radius 1 is 0.298 bits per heavy atom. The summed E-state index contributed by atoms with van der Waals surface area (Å²) < 4.78 is 67.9. The van der Waals surface area contributed by atoms with Crippen LogP contribution in [0.2, 0.25) is 0 Å². The molecule has 498 valence electrons. The van der Waals surface area contributed by atoms with Gasteiger partial charge in [0.1, 0.15) is 19.3 Å². The molecule has 17 nitrogen and oxygen atoms in total. The van der Waals surface area contributed by atoms with E-state index in [-0.39, 0.29) is 25.7 Å². The molecular weight excluding hydrogens is 1110 g/mol. The number of hydrogen-bond donors (Lipinski definition) is 3. The molecule has 2 unspecified atom stereocenters. The lowest BCUT2D eigenvalue weighted by Crippen LogP contribution is -2.30. The van der Waals surface area contributed by atoms with Crippen molar-refractivity contribution in [2.75, 3.05) is 39.6 Å². The molecule has 0 saturated heterocycles. The van der Waals surface area contributed by atoms with Crippen molar-refractivity contribution in [2.45, 2.75) is 331 Å². The molecule has 3 N–H and O–H groups in total. The van der Waals surface area contributed by atoms with Gasteiger partial charge in [-0.25, -0.2) is 9.13 Å². The number of ether oxygens (including phenoxy) is 4. The predicted octanol–water partition coefficient (Wildman–Crippen LogP) is 17.8. The van der Waals surface area contributed by atoms with Crippen LogP contribution in [0.1, 0.15) is 312 Å². The molecule has 0 aromatic carbocycles. The van der Waals surface area contributed by atoms with E-state index < -0.39 is 97.5 Å². The van der Waals surface area contributed by atoms with Gasteiger partial charge in [-0.3, -0.25) is 37.3 Å². The van der Waals surface area contributed by atoms with Crippen molar-refractivity contribution >= 4 is 39.5 Å².